The van der Waals surface area contributed by atoms with Gasteiger partial charge >= 0.3 is 59.7 Å². The van der Waals surface area contributed by atoms with E-state index in [1.807, 2.05) is 0 Å². The van der Waals surface area contributed by atoms with Gasteiger partial charge in [-0.1, -0.05) is 7.43 Å². The van der Waals surface area contributed by atoms with Gasteiger partial charge in [0.25, 0.3) is 47.0 Å². The minimum atomic E-state index is -1.76. The molecule has 0 aliphatic carbocycles. The maximum absolute atomic E-state index is 13.6. The molecule has 102 heavy (non-hydrogen) atoms. The van der Waals surface area contributed by atoms with Crippen LogP contribution in [0.25, 0.3) is 59.8 Å². The van der Waals surface area contributed by atoms with E-state index < -0.39 is 144 Å². The van der Waals surface area contributed by atoms with Crippen molar-refractivity contribution in [3.63, 3.8) is 0 Å². The number of anilines is 2. The fourth-order valence-electron chi connectivity index (χ4n) is 12.6. The first-order valence-corrected chi connectivity index (χ1v) is 29.3. The first-order chi connectivity index (χ1) is 47.8. The lowest BCUT2D eigenvalue weighted by Gasteiger charge is -2.34. The summed E-state index contributed by atoms with van der Waals surface area (Å²) in [6, 6.07) is 20.4. The zero-order valence-electron chi connectivity index (χ0n) is 51.0. The normalized spacial score (nSPS) is 14.5. The number of carboxylic acid groups (broad SMARTS) is 7. The number of nitrogen functional groups attached to an aromatic ring is 1. The number of ether oxygens (including phenoxy) is 2. The number of esters is 4. The van der Waals surface area contributed by atoms with E-state index >= 15 is 0 Å². The molecular weight excluding hydrogens is 1340 g/mol. The van der Waals surface area contributed by atoms with Crippen molar-refractivity contribution in [2.24, 2.45) is 0 Å². The van der Waals surface area contributed by atoms with Crippen LogP contribution in [0.1, 0.15) is 164 Å². The number of amides is 6. The molecule has 2 atom stereocenters. The van der Waals surface area contributed by atoms with Crippen molar-refractivity contribution >= 4 is 172 Å². The third-order valence-corrected chi connectivity index (χ3v) is 16.9. The Bertz CT molecular complexity index is 5520. The van der Waals surface area contributed by atoms with E-state index in [4.69, 9.17) is 25.8 Å². The Labute approximate surface area is 565 Å². The monoisotopic (exact) mass is 1390 g/mol. The maximum Gasteiger partial charge on any atom is 0.346 e. The van der Waals surface area contributed by atoms with Crippen LogP contribution in [0.15, 0.2) is 114 Å². The number of hydrogen-bond donors (Lipinski definition) is 8. The number of nitrogens with two attached hydrogens (primary N) is 1. The highest BCUT2D eigenvalue weighted by atomic mass is 16.6. The number of benzene rings is 8. The lowest BCUT2D eigenvalue weighted by Crippen LogP contribution is -2.51. The molecule has 0 saturated heterocycles. The number of imidazole rings is 1. The second-order valence-electron chi connectivity index (χ2n) is 22.7. The number of aromatic nitrogens is 2. The third-order valence-electron chi connectivity index (χ3n) is 16.9. The summed E-state index contributed by atoms with van der Waals surface area (Å²) in [6.45, 7) is 1.08. The molecule has 33 heteroatoms. The van der Waals surface area contributed by atoms with Gasteiger partial charge in [-0.15, -0.1) is 0 Å². The van der Waals surface area contributed by atoms with Gasteiger partial charge in [0.05, 0.1) is 55.8 Å². The summed E-state index contributed by atoms with van der Waals surface area (Å²) in [4.78, 5) is 225. The lowest BCUT2D eigenvalue weighted by molar-refractivity contribution is -0.144. The number of aliphatic carboxylic acids is 5. The van der Waals surface area contributed by atoms with Crippen LogP contribution in [-0.2, 0) is 33.4 Å². The molecule has 0 saturated carbocycles. The van der Waals surface area contributed by atoms with Crippen molar-refractivity contribution in [3.05, 3.63) is 186 Å². The number of carboxylic acids is 7. The van der Waals surface area contributed by atoms with Gasteiger partial charge in [0.2, 0.25) is 0 Å². The first-order valence-electron chi connectivity index (χ1n) is 29.3. The molecule has 2 aromatic heterocycles. The molecule has 5 aliphatic heterocycles. The number of rotatable bonds is 13. The Balaban J connectivity index is 0.000000155. The van der Waals surface area contributed by atoms with Gasteiger partial charge in [0.1, 0.15) is 17.7 Å². The zero-order chi connectivity index (χ0) is 73.0. The van der Waals surface area contributed by atoms with Gasteiger partial charge in [-0.25, -0.2) is 48.2 Å². The first kappa shape index (κ1) is 68.8. The molecule has 0 bridgehead atoms. The van der Waals surface area contributed by atoms with Gasteiger partial charge in [0, 0.05) is 96.2 Å². The Morgan fingerprint density at radius 2 is 0.765 bits per heavy atom. The van der Waals surface area contributed by atoms with E-state index in [9.17, 15) is 102 Å². The predicted molar refractivity (Wildman–Crippen MR) is 346 cm³/mol. The Kier molecular flexibility index (Phi) is 17.2. The topological polar surface area (TPSA) is 520 Å². The molecular formula is C69H44N6O27. The van der Waals surface area contributed by atoms with Crippen LogP contribution in [0.5, 0.6) is 0 Å². The highest BCUT2D eigenvalue weighted by Gasteiger charge is 2.46. The minimum Gasteiger partial charge on any atom is -0.481 e. The fourth-order valence-corrected chi connectivity index (χ4v) is 12.6. The van der Waals surface area contributed by atoms with E-state index in [0.717, 1.165) is 13.0 Å². The average molecular weight is 1390 g/mol. The number of carbonyl (C=O) groups is 17. The molecule has 8 aromatic carbocycles. The Morgan fingerprint density at radius 1 is 0.431 bits per heavy atom. The molecule has 6 amide bonds. The van der Waals surface area contributed by atoms with Gasteiger partial charge in [0.15, 0.2) is 0 Å². The van der Waals surface area contributed by atoms with Gasteiger partial charge in [-0.2, -0.15) is 0 Å². The molecule has 33 nitrogen and oxygen atoms in total. The fraction of sp³-hybridized carbons (Fsp3) is 0.116. The predicted octanol–water partition coefficient (Wildman–Crippen LogP) is 6.23. The quantitative estimate of drug-likeness (QED) is 0.0274. The number of pyridine rings is 1. The van der Waals surface area contributed by atoms with Crippen molar-refractivity contribution in [1.29, 1.82) is 0 Å². The number of hydrogen-bond acceptors (Lipinski definition) is 22. The van der Waals surface area contributed by atoms with E-state index in [1.165, 1.54) is 108 Å². The number of nitrogens with zero attached hydrogens (tertiary/aromatic N) is 5. The van der Waals surface area contributed by atoms with Crippen molar-refractivity contribution in [2.45, 2.75) is 52.1 Å². The SMILES string of the molecule is C.CC(=O)O.Nc1ccc(C(=O)O)cc1N1C(=O)c2ccc3c4c(ccc(c24)C1=O)C(=O)N([C@H](CCC(=O)O)C(=O)O)C3=O.O=C(O)CC[C@H](C(=O)O)N1C(=O)c2ccc3c(=O)n4c5cc(C(=O)O)ccc5nc4c4ccc(c2c34)C1=O.O=C1OC(=O)c2ccc3c4c(ccc1c24)C(=O)OC3=O. The average Bonchev–Trinajstić information content (AvgIpc) is 1.12. The molecule has 9 N–H and O–H groups in total. The molecule has 0 unspecified atom stereocenters. The van der Waals surface area contributed by atoms with Crippen molar-refractivity contribution in [2.75, 3.05) is 10.6 Å². The standard InChI is InChI=1S/C26H17N3O10.C26H15N3O9.C14H4O6.C2H4O2.CH4/c27-15-6-1-10(25(36)37)9-17(15)29-23(34)13-4-2-11-19-12(3-5-14(20(13)19)24(29)35)22(33)28(21(11)32)16(26(38)39)7-8-18(30)31;30-18(31)8-7-16(26(37)38)29-23(33)13-3-2-11-19-12(4-5-14(20(13)19)24(29)34)22(32)28-17-9-10(25(35)36)1-6-15(17)27-21(11)28;15-11-5-1-2-6-10-8(14(18)20-12(6)16)4-3-7(9(5)10)13(17)19-11;1-2(3)4;/h1-6,9,16H,7-8,27H2,(H,30,31)(H,36,37)(H,38,39);1-6,9,16H,7-8H2,(H,30,31)(H,35,36)(H,37,38);1-4H;1H3,(H,3,4);1H4/t2*16-;;;/m11.../s1. The zero-order valence-corrected chi connectivity index (χ0v) is 51.0. The van der Waals surface area contributed by atoms with Crippen molar-refractivity contribution in [1.82, 2.24) is 19.2 Å². The summed E-state index contributed by atoms with van der Waals surface area (Å²) in [7, 11) is 0. The third kappa shape index (κ3) is 11.0. The van der Waals surface area contributed by atoms with E-state index in [1.54, 1.807) is 0 Å². The van der Waals surface area contributed by atoms with Gasteiger partial charge in [-0.05, 0) is 122 Å². The summed E-state index contributed by atoms with van der Waals surface area (Å²) < 4.78 is 10.5. The highest BCUT2D eigenvalue weighted by Crippen LogP contribution is 2.43. The molecule has 15 rings (SSSR count). The lowest BCUT2D eigenvalue weighted by atomic mass is 9.85. The summed E-state index contributed by atoms with van der Waals surface area (Å²) in [5.41, 5.74) is 6.02. The highest BCUT2D eigenvalue weighted by molar-refractivity contribution is 6.40. The van der Waals surface area contributed by atoms with Crippen molar-refractivity contribution in [3.8, 4) is 0 Å². The number of carbonyl (C=O) groups excluding carboxylic acids is 10. The van der Waals surface area contributed by atoms with Gasteiger partial charge < -0.3 is 51.0 Å². The van der Waals surface area contributed by atoms with Crippen LogP contribution in [0.4, 0.5) is 11.4 Å². The Hall–Kier alpha value is -14.5. The molecule has 512 valence electrons. The van der Waals surface area contributed by atoms with Crippen LogP contribution < -0.4 is 16.2 Å². The number of fused-ring (bicyclic) bond motifs is 4. The van der Waals surface area contributed by atoms with Crippen LogP contribution >= 0.6 is 0 Å². The number of imide groups is 3. The second-order valence-corrected chi connectivity index (χ2v) is 22.7. The summed E-state index contributed by atoms with van der Waals surface area (Å²) in [6.07, 6.45) is -2.18. The molecule has 0 radical (unpaired) electrons. The van der Waals surface area contributed by atoms with Crippen LogP contribution in [-0.4, -0.2) is 168 Å². The number of aromatic carboxylic acids is 2. The van der Waals surface area contributed by atoms with Crippen molar-refractivity contribution < 1.29 is 127 Å². The summed E-state index contributed by atoms with van der Waals surface area (Å²) in [5, 5.41) is 65.0. The van der Waals surface area contributed by atoms with Gasteiger partial charge in [-0.3, -0.25) is 62.1 Å². The molecule has 0 spiro atoms. The van der Waals surface area contributed by atoms with Crippen LogP contribution in [0.3, 0.4) is 0 Å². The molecule has 0 fully saturated rings. The summed E-state index contributed by atoms with van der Waals surface area (Å²) in [5.74, 6) is -17.8. The largest absolute Gasteiger partial charge is 0.481 e. The van der Waals surface area contributed by atoms with E-state index in [-0.39, 0.29) is 129 Å². The second kappa shape index (κ2) is 25.5. The Morgan fingerprint density at radius 3 is 1.15 bits per heavy atom. The van der Waals surface area contributed by atoms with E-state index in [2.05, 4.69) is 14.5 Å². The van der Waals surface area contributed by atoms with E-state index in [0.29, 0.717) is 31.0 Å². The smallest absolute Gasteiger partial charge is 0.346 e. The van der Waals surface area contributed by atoms with Crippen LogP contribution in [0.2, 0.25) is 0 Å². The molecule has 10 aromatic rings. The molecule has 7 heterocycles. The summed E-state index contributed by atoms with van der Waals surface area (Å²) >= 11 is 0. The van der Waals surface area contributed by atoms with Crippen LogP contribution in [0, 0.1) is 0 Å². The minimum absolute atomic E-state index is 0. The molecule has 5 aliphatic rings. The number of cyclic esters (lactones) is 4. The maximum atomic E-state index is 13.6.